The molecule has 0 aliphatic carbocycles. The lowest BCUT2D eigenvalue weighted by Gasteiger charge is -2.21. The molecule has 2 saturated heterocycles. The topological polar surface area (TPSA) is 54.5 Å². The van der Waals surface area contributed by atoms with Crippen molar-refractivity contribution in [2.45, 2.75) is 44.2 Å². The highest BCUT2D eigenvalue weighted by molar-refractivity contribution is 7.09. The molecule has 2 fully saturated rings. The van der Waals surface area contributed by atoms with Crippen molar-refractivity contribution in [3.63, 3.8) is 0 Å². The molecule has 1 amide bonds. The highest BCUT2D eigenvalue weighted by atomic mass is 32.1. The van der Waals surface area contributed by atoms with Crippen molar-refractivity contribution in [2.24, 2.45) is 0 Å². The molecule has 0 radical (unpaired) electrons. The van der Waals surface area contributed by atoms with Crippen LogP contribution < -0.4 is 5.32 Å². The molecule has 24 heavy (non-hydrogen) atoms. The Bertz CT molecular complexity index is 677. The van der Waals surface area contributed by atoms with Gasteiger partial charge in [-0.3, -0.25) is 14.7 Å². The fraction of sp³-hybridized carbons (Fsp3) is 0.444. The molecule has 2 aromatic rings. The van der Waals surface area contributed by atoms with Crippen LogP contribution in [-0.4, -0.2) is 40.6 Å². The van der Waals surface area contributed by atoms with Crippen LogP contribution in [0.25, 0.3) is 0 Å². The number of nitrogens with zero attached hydrogens (tertiary/aromatic N) is 2. The fourth-order valence-corrected chi connectivity index (χ4v) is 4.33. The summed E-state index contributed by atoms with van der Waals surface area (Å²) in [4.78, 5) is 20.3. The summed E-state index contributed by atoms with van der Waals surface area (Å²) in [5.41, 5.74) is 1.00. The number of ether oxygens (including phenoxy) is 1. The Kier molecular flexibility index (Phi) is 4.60. The number of thiophene rings is 1. The van der Waals surface area contributed by atoms with Crippen LogP contribution in [0.15, 0.2) is 42.0 Å². The van der Waals surface area contributed by atoms with E-state index < -0.39 is 0 Å². The van der Waals surface area contributed by atoms with E-state index in [4.69, 9.17) is 4.74 Å². The molecule has 0 aromatic carbocycles. The minimum absolute atomic E-state index is 0.00988. The first kappa shape index (κ1) is 15.7. The molecule has 1 N–H and O–H groups in total. The van der Waals surface area contributed by atoms with Crippen molar-refractivity contribution in [3.8, 4) is 0 Å². The second-order valence-electron chi connectivity index (χ2n) is 6.38. The van der Waals surface area contributed by atoms with Gasteiger partial charge < -0.3 is 10.1 Å². The zero-order chi connectivity index (χ0) is 16.4. The Labute approximate surface area is 145 Å². The highest BCUT2D eigenvalue weighted by Gasteiger charge is 2.45. The van der Waals surface area contributed by atoms with Gasteiger partial charge in [0.25, 0.3) is 0 Å². The lowest BCUT2D eigenvalue weighted by molar-refractivity contribution is -0.132. The number of carbonyl (C=O) groups excluding carboxylic acids is 1. The van der Waals surface area contributed by atoms with Crippen LogP contribution in [0.2, 0.25) is 0 Å². The average molecular weight is 343 g/mol. The molecule has 2 aromatic heterocycles. The standard InChI is InChI=1S/C18H21N3O2S/c22-18(20-11-13-3-1-6-19-10-13)17-9-15-16(23-17)5-7-21(15)12-14-4-2-8-24-14/h1-4,6,8,10,15-17H,5,7,9,11-12H2,(H,20,22)/t15-,16-,17+/m0/s1. The molecule has 0 bridgehead atoms. The van der Waals surface area contributed by atoms with Gasteiger partial charge in [-0.25, -0.2) is 0 Å². The number of aromatic nitrogens is 1. The summed E-state index contributed by atoms with van der Waals surface area (Å²) in [6.45, 7) is 2.52. The van der Waals surface area contributed by atoms with Crippen LogP contribution in [-0.2, 0) is 22.6 Å². The number of hydrogen-bond donors (Lipinski definition) is 1. The zero-order valence-electron chi connectivity index (χ0n) is 13.4. The summed E-state index contributed by atoms with van der Waals surface area (Å²) in [6, 6.07) is 8.46. The molecule has 2 aliphatic rings. The number of nitrogens with one attached hydrogen (secondary N) is 1. The van der Waals surface area contributed by atoms with E-state index in [2.05, 4.69) is 32.7 Å². The zero-order valence-corrected chi connectivity index (χ0v) is 14.2. The van der Waals surface area contributed by atoms with E-state index in [1.165, 1.54) is 4.88 Å². The van der Waals surface area contributed by atoms with E-state index in [0.29, 0.717) is 12.6 Å². The number of carbonyl (C=O) groups is 1. The van der Waals surface area contributed by atoms with E-state index in [0.717, 1.165) is 31.5 Å². The largest absolute Gasteiger partial charge is 0.363 e. The number of fused-ring (bicyclic) bond motifs is 1. The summed E-state index contributed by atoms with van der Waals surface area (Å²) >= 11 is 1.79. The molecular formula is C18H21N3O2S. The average Bonchev–Trinajstić information content (AvgIpc) is 3.32. The molecule has 5 nitrogen and oxygen atoms in total. The lowest BCUT2D eigenvalue weighted by atomic mass is 10.1. The third kappa shape index (κ3) is 3.36. The van der Waals surface area contributed by atoms with Gasteiger partial charge in [0.15, 0.2) is 0 Å². The van der Waals surface area contributed by atoms with Gasteiger partial charge in [0, 0.05) is 49.4 Å². The van der Waals surface area contributed by atoms with Gasteiger partial charge >= 0.3 is 0 Å². The van der Waals surface area contributed by atoms with Gasteiger partial charge in [-0.05, 0) is 29.5 Å². The third-order valence-electron chi connectivity index (χ3n) is 4.81. The number of hydrogen-bond acceptors (Lipinski definition) is 5. The number of amides is 1. The summed E-state index contributed by atoms with van der Waals surface area (Å²) in [5, 5.41) is 5.08. The lowest BCUT2D eigenvalue weighted by Crippen LogP contribution is -2.36. The Morgan fingerprint density at radius 1 is 1.42 bits per heavy atom. The monoisotopic (exact) mass is 343 g/mol. The van der Waals surface area contributed by atoms with Crippen LogP contribution >= 0.6 is 11.3 Å². The Hall–Kier alpha value is -1.76. The summed E-state index contributed by atoms with van der Waals surface area (Å²) in [7, 11) is 0. The predicted molar refractivity (Wildman–Crippen MR) is 92.5 cm³/mol. The van der Waals surface area contributed by atoms with Crippen LogP contribution in [0, 0.1) is 0 Å². The summed E-state index contributed by atoms with van der Waals surface area (Å²) in [6.07, 6.45) is 5.17. The molecule has 3 atom stereocenters. The normalized spacial score (nSPS) is 26.4. The molecule has 4 heterocycles. The third-order valence-corrected chi connectivity index (χ3v) is 5.68. The second kappa shape index (κ2) is 7.01. The van der Waals surface area contributed by atoms with Crippen molar-refractivity contribution < 1.29 is 9.53 Å². The molecule has 0 saturated carbocycles. The maximum Gasteiger partial charge on any atom is 0.249 e. The Balaban J connectivity index is 1.31. The van der Waals surface area contributed by atoms with Gasteiger partial charge in [-0.15, -0.1) is 11.3 Å². The minimum Gasteiger partial charge on any atom is -0.363 e. The Morgan fingerprint density at radius 2 is 2.38 bits per heavy atom. The van der Waals surface area contributed by atoms with Gasteiger partial charge in [-0.1, -0.05) is 12.1 Å². The summed E-state index contributed by atoms with van der Waals surface area (Å²) < 4.78 is 6.02. The van der Waals surface area contributed by atoms with Crippen LogP contribution in [0.1, 0.15) is 23.3 Å². The predicted octanol–water partition coefficient (Wildman–Crippen LogP) is 2.19. The number of likely N-dealkylation sites (tertiary alicyclic amines) is 1. The SMILES string of the molecule is O=C(NCc1cccnc1)[C@H]1C[C@H]2[C@H](CCN2Cc2cccs2)O1. The molecule has 4 rings (SSSR count). The number of pyridine rings is 1. The second-order valence-corrected chi connectivity index (χ2v) is 7.42. The van der Waals surface area contributed by atoms with E-state index in [1.54, 1.807) is 23.7 Å². The first-order chi connectivity index (χ1) is 11.8. The maximum absolute atomic E-state index is 12.4. The van der Waals surface area contributed by atoms with E-state index in [-0.39, 0.29) is 18.1 Å². The van der Waals surface area contributed by atoms with E-state index in [9.17, 15) is 4.79 Å². The minimum atomic E-state index is -0.331. The van der Waals surface area contributed by atoms with Gasteiger partial charge in [0.2, 0.25) is 5.91 Å². The van der Waals surface area contributed by atoms with Crippen molar-refractivity contribution in [3.05, 3.63) is 52.5 Å². The van der Waals surface area contributed by atoms with Crippen molar-refractivity contribution in [1.29, 1.82) is 0 Å². The molecular weight excluding hydrogens is 322 g/mol. The van der Waals surface area contributed by atoms with Gasteiger partial charge in [0.1, 0.15) is 6.10 Å². The van der Waals surface area contributed by atoms with Gasteiger partial charge in [0.05, 0.1) is 6.10 Å². The molecule has 6 heteroatoms. The summed E-state index contributed by atoms with van der Waals surface area (Å²) in [5.74, 6) is -0.00988. The van der Waals surface area contributed by atoms with Crippen LogP contribution in [0.5, 0.6) is 0 Å². The van der Waals surface area contributed by atoms with Gasteiger partial charge in [-0.2, -0.15) is 0 Å². The fourth-order valence-electron chi connectivity index (χ4n) is 3.61. The quantitative estimate of drug-likeness (QED) is 0.904. The first-order valence-electron chi connectivity index (χ1n) is 8.38. The maximum atomic E-state index is 12.4. The smallest absolute Gasteiger partial charge is 0.249 e. The highest BCUT2D eigenvalue weighted by Crippen LogP contribution is 2.34. The Morgan fingerprint density at radius 3 is 3.17 bits per heavy atom. The van der Waals surface area contributed by atoms with Crippen LogP contribution in [0.4, 0.5) is 0 Å². The molecule has 2 aliphatic heterocycles. The van der Waals surface area contributed by atoms with Crippen molar-refractivity contribution in [1.82, 2.24) is 15.2 Å². The van der Waals surface area contributed by atoms with E-state index >= 15 is 0 Å². The molecule has 0 spiro atoms. The first-order valence-corrected chi connectivity index (χ1v) is 9.26. The van der Waals surface area contributed by atoms with E-state index in [1.807, 2.05) is 12.1 Å². The molecule has 126 valence electrons. The van der Waals surface area contributed by atoms with Crippen molar-refractivity contribution >= 4 is 17.2 Å². The number of rotatable bonds is 5. The molecule has 0 unspecified atom stereocenters. The van der Waals surface area contributed by atoms with Crippen molar-refractivity contribution in [2.75, 3.05) is 6.54 Å². The van der Waals surface area contributed by atoms with Crippen LogP contribution in [0.3, 0.4) is 0 Å².